The average molecular weight is 210 g/mol. The van der Waals surface area contributed by atoms with Gasteiger partial charge in [-0.15, -0.1) is 12.3 Å². The topological polar surface area (TPSA) is 42.0 Å². The Hall–Kier alpha value is -1.96. The summed E-state index contributed by atoms with van der Waals surface area (Å²) in [6, 6.07) is 1.10. The summed E-state index contributed by atoms with van der Waals surface area (Å²) in [4.78, 5) is 14.3. The van der Waals surface area contributed by atoms with E-state index in [1.807, 2.05) is 0 Å². The van der Waals surface area contributed by atoms with Crippen molar-refractivity contribution in [1.82, 2.24) is 10.3 Å². The molecular formula is C10H8F2N2O. The largest absolute Gasteiger partial charge is 0.351 e. The van der Waals surface area contributed by atoms with Crippen LogP contribution in [0.5, 0.6) is 0 Å². The Balaban J connectivity index is 2.75. The quantitative estimate of drug-likeness (QED) is 0.461. The molecule has 5 heteroatoms. The van der Waals surface area contributed by atoms with E-state index in [2.05, 4.69) is 16.2 Å². The van der Waals surface area contributed by atoms with Gasteiger partial charge >= 0.3 is 0 Å². The van der Waals surface area contributed by atoms with Crippen LogP contribution in [0, 0.1) is 24.1 Å². The number of pyridine rings is 1. The minimum atomic E-state index is -1.29. The Morgan fingerprint density at radius 3 is 3.00 bits per heavy atom. The standard InChI is InChI=1S/C10H8F2N2O/c1-2-3-5-14-10(15)7-4-6-13-9(12)8(7)11/h1,4,6H,3,5H2,(H,14,15). The number of amides is 1. The molecule has 0 spiro atoms. The first-order chi connectivity index (χ1) is 7.16. The van der Waals surface area contributed by atoms with Gasteiger partial charge in [0.05, 0.1) is 5.56 Å². The van der Waals surface area contributed by atoms with E-state index in [0.29, 0.717) is 6.42 Å². The van der Waals surface area contributed by atoms with Gasteiger partial charge in [-0.25, -0.2) is 9.37 Å². The SMILES string of the molecule is C#CCCNC(=O)c1ccnc(F)c1F. The molecule has 0 atom stereocenters. The van der Waals surface area contributed by atoms with E-state index in [1.165, 1.54) is 0 Å². The summed E-state index contributed by atoms with van der Waals surface area (Å²) in [6.07, 6.45) is 6.32. The molecule has 0 saturated carbocycles. The lowest BCUT2D eigenvalue weighted by atomic mass is 10.2. The Bertz CT molecular complexity index is 412. The third-order valence-electron chi connectivity index (χ3n) is 1.65. The third kappa shape index (κ3) is 2.74. The zero-order valence-corrected chi connectivity index (χ0v) is 7.76. The molecule has 1 heterocycles. The van der Waals surface area contributed by atoms with Crippen molar-refractivity contribution in [2.75, 3.05) is 6.54 Å². The highest BCUT2D eigenvalue weighted by molar-refractivity contribution is 5.94. The van der Waals surface area contributed by atoms with Crippen molar-refractivity contribution >= 4 is 5.91 Å². The molecule has 3 nitrogen and oxygen atoms in total. The molecule has 0 fully saturated rings. The van der Waals surface area contributed by atoms with Crippen LogP contribution in [0.2, 0.25) is 0 Å². The fourth-order valence-electron chi connectivity index (χ4n) is 0.937. The second kappa shape index (κ2) is 5.05. The fourth-order valence-corrected chi connectivity index (χ4v) is 0.937. The first kappa shape index (κ1) is 11.1. The predicted molar refractivity (Wildman–Crippen MR) is 49.9 cm³/mol. The summed E-state index contributed by atoms with van der Waals surface area (Å²) < 4.78 is 25.7. The van der Waals surface area contributed by atoms with Gasteiger partial charge < -0.3 is 5.32 Å². The Morgan fingerprint density at radius 2 is 2.33 bits per heavy atom. The maximum Gasteiger partial charge on any atom is 0.254 e. The molecule has 0 aromatic carbocycles. The van der Waals surface area contributed by atoms with Crippen molar-refractivity contribution in [1.29, 1.82) is 0 Å². The molecule has 0 bridgehead atoms. The van der Waals surface area contributed by atoms with E-state index in [9.17, 15) is 13.6 Å². The van der Waals surface area contributed by atoms with Crippen LogP contribution in [0.15, 0.2) is 12.3 Å². The lowest BCUT2D eigenvalue weighted by molar-refractivity contribution is 0.0949. The molecule has 1 aromatic heterocycles. The van der Waals surface area contributed by atoms with E-state index < -0.39 is 17.7 Å². The number of nitrogens with zero attached hydrogens (tertiary/aromatic N) is 1. The maximum atomic E-state index is 13.0. The monoisotopic (exact) mass is 210 g/mol. The van der Waals surface area contributed by atoms with Crippen LogP contribution in [0.4, 0.5) is 8.78 Å². The average Bonchev–Trinajstić information content (AvgIpc) is 2.22. The zero-order chi connectivity index (χ0) is 11.3. The number of aromatic nitrogens is 1. The van der Waals surface area contributed by atoms with Crippen molar-refractivity contribution < 1.29 is 13.6 Å². The first-order valence-electron chi connectivity index (χ1n) is 4.18. The van der Waals surface area contributed by atoms with Gasteiger partial charge in [0.2, 0.25) is 5.95 Å². The molecule has 1 amide bonds. The van der Waals surface area contributed by atoms with Crippen LogP contribution in [0.1, 0.15) is 16.8 Å². The van der Waals surface area contributed by atoms with Crippen molar-refractivity contribution in [3.05, 3.63) is 29.6 Å². The highest BCUT2D eigenvalue weighted by atomic mass is 19.2. The van der Waals surface area contributed by atoms with Crippen molar-refractivity contribution in [3.63, 3.8) is 0 Å². The zero-order valence-electron chi connectivity index (χ0n) is 7.76. The predicted octanol–water partition coefficient (Wildman–Crippen LogP) is 1.11. The van der Waals surface area contributed by atoms with Crippen LogP contribution in [-0.4, -0.2) is 17.4 Å². The number of carbonyl (C=O) groups is 1. The first-order valence-corrected chi connectivity index (χ1v) is 4.18. The van der Waals surface area contributed by atoms with Crippen LogP contribution in [0.3, 0.4) is 0 Å². The molecule has 1 N–H and O–H groups in total. The van der Waals surface area contributed by atoms with Crippen molar-refractivity contribution in [3.8, 4) is 12.3 Å². The molecule has 0 aliphatic heterocycles. The summed E-state index contributed by atoms with van der Waals surface area (Å²) in [5.74, 6) is -0.945. The van der Waals surface area contributed by atoms with E-state index >= 15 is 0 Å². The fraction of sp³-hybridized carbons (Fsp3) is 0.200. The molecule has 15 heavy (non-hydrogen) atoms. The van der Waals surface area contributed by atoms with Crippen LogP contribution >= 0.6 is 0 Å². The lowest BCUT2D eigenvalue weighted by Crippen LogP contribution is -2.25. The van der Waals surface area contributed by atoms with E-state index in [4.69, 9.17) is 6.42 Å². The van der Waals surface area contributed by atoms with Crippen LogP contribution in [-0.2, 0) is 0 Å². The normalized spacial score (nSPS) is 9.40. The number of rotatable bonds is 3. The summed E-state index contributed by atoms with van der Waals surface area (Å²) >= 11 is 0. The Kier molecular flexibility index (Phi) is 3.75. The summed E-state index contributed by atoms with van der Waals surface area (Å²) in [5.41, 5.74) is -0.375. The maximum absolute atomic E-state index is 13.0. The molecule has 0 aliphatic carbocycles. The third-order valence-corrected chi connectivity index (χ3v) is 1.65. The summed E-state index contributed by atoms with van der Waals surface area (Å²) in [5, 5.41) is 2.35. The van der Waals surface area contributed by atoms with E-state index in [0.717, 1.165) is 12.3 Å². The van der Waals surface area contributed by atoms with Crippen molar-refractivity contribution in [2.24, 2.45) is 0 Å². The van der Waals surface area contributed by atoms with E-state index in [1.54, 1.807) is 0 Å². The summed E-state index contributed by atoms with van der Waals surface area (Å²) in [6.45, 7) is 0.221. The van der Waals surface area contributed by atoms with Gasteiger partial charge in [0.25, 0.3) is 5.91 Å². The number of hydrogen-bond acceptors (Lipinski definition) is 2. The number of carbonyl (C=O) groups excluding carboxylic acids is 1. The molecule has 0 unspecified atom stereocenters. The van der Waals surface area contributed by atoms with E-state index in [-0.39, 0.29) is 12.1 Å². The lowest BCUT2D eigenvalue weighted by Gasteiger charge is -2.03. The van der Waals surface area contributed by atoms with Crippen LogP contribution < -0.4 is 5.32 Å². The Morgan fingerprint density at radius 1 is 1.60 bits per heavy atom. The minimum absolute atomic E-state index is 0.221. The number of terminal acetylenes is 1. The molecule has 0 aliphatic rings. The molecular weight excluding hydrogens is 202 g/mol. The van der Waals surface area contributed by atoms with Gasteiger partial charge in [-0.3, -0.25) is 4.79 Å². The van der Waals surface area contributed by atoms with Gasteiger partial charge in [-0.2, -0.15) is 4.39 Å². The second-order valence-corrected chi connectivity index (χ2v) is 2.67. The highest BCUT2D eigenvalue weighted by Crippen LogP contribution is 2.08. The highest BCUT2D eigenvalue weighted by Gasteiger charge is 2.15. The van der Waals surface area contributed by atoms with Crippen molar-refractivity contribution in [2.45, 2.75) is 6.42 Å². The number of halogens is 2. The molecule has 0 radical (unpaired) electrons. The number of nitrogens with one attached hydrogen (secondary N) is 1. The van der Waals surface area contributed by atoms with Crippen LogP contribution in [0.25, 0.3) is 0 Å². The van der Waals surface area contributed by atoms with Gasteiger partial charge in [0, 0.05) is 19.2 Å². The van der Waals surface area contributed by atoms with Gasteiger partial charge in [-0.1, -0.05) is 0 Å². The van der Waals surface area contributed by atoms with Gasteiger partial charge in [0.1, 0.15) is 0 Å². The molecule has 78 valence electrons. The second-order valence-electron chi connectivity index (χ2n) is 2.67. The Labute approximate surface area is 85.5 Å². The minimum Gasteiger partial charge on any atom is -0.351 e. The smallest absolute Gasteiger partial charge is 0.254 e. The molecule has 0 saturated heterocycles. The molecule has 1 aromatic rings. The van der Waals surface area contributed by atoms with Gasteiger partial charge in [-0.05, 0) is 6.07 Å². The van der Waals surface area contributed by atoms with Gasteiger partial charge in [0.15, 0.2) is 5.82 Å². The number of hydrogen-bond donors (Lipinski definition) is 1. The summed E-state index contributed by atoms with van der Waals surface area (Å²) in [7, 11) is 0. The molecule has 1 rings (SSSR count).